The van der Waals surface area contributed by atoms with Crippen molar-refractivity contribution in [2.45, 2.75) is 11.7 Å². The Labute approximate surface area is 193 Å². The van der Waals surface area contributed by atoms with Gasteiger partial charge >= 0.3 is 0 Å². The second-order valence-electron chi connectivity index (χ2n) is 7.09. The van der Waals surface area contributed by atoms with E-state index in [1.807, 2.05) is 12.1 Å². The Kier molecular flexibility index (Phi) is 6.39. The Balaban J connectivity index is 1.48. The Morgan fingerprint density at radius 3 is 2.50 bits per heavy atom. The summed E-state index contributed by atoms with van der Waals surface area (Å²) >= 11 is 7.30. The summed E-state index contributed by atoms with van der Waals surface area (Å²) in [4.78, 5) is 42.1. The predicted molar refractivity (Wildman–Crippen MR) is 128 cm³/mol. The number of ketones is 1. The number of nitrogens with zero attached hydrogens (tertiary/aromatic N) is 1. The summed E-state index contributed by atoms with van der Waals surface area (Å²) in [7, 11) is 0. The van der Waals surface area contributed by atoms with Gasteiger partial charge < -0.3 is 11.1 Å². The number of hydrogen-bond acceptors (Lipinski definition) is 5. The molecule has 32 heavy (non-hydrogen) atoms. The first-order valence-corrected chi connectivity index (χ1v) is 11.0. The van der Waals surface area contributed by atoms with Gasteiger partial charge in [-0.3, -0.25) is 14.4 Å². The molecule has 0 bridgehead atoms. The molecule has 1 atom stereocenters. The molecule has 3 aromatic rings. The van der Waals surface area contributed by atoms with E-state index in [2.05, 4.69) is 10.3 Å². The first-order valence-electron chi connectivity index (χ1n) is 9.75. The van der Waals surface area contributed by atoms with Crippen molar-refractivity contribution in [2.24, 2.45) is 4.99 Å². The lowest BCUT2D eigenvalue weighted by Crippen LogP contribution is -2.22. The number of carbonyl (C=O) groups is 3. The van der Waals surface area contributed by atoms with E-state index in [1.54, 1.807) is 54.6 Å². The van der Waals surface area contributed by atoms with Gasteiger partial charge in [0.2, 0.25) is 5.91 Å². The third kappa shape index (κ3) is 4.74. The number of thioether (sulfide) groups is 1. The summed E-state index contributed by atoms with van der Waals surface area (Å²) in [6, 6.07) is 20.5. The van der Waals surface area contributed by atoms with E-state index in [-0.39, 0.29) is 23.7 Å². The van der Waals surface area contributed by atoms with Gasteiger partial charge in [0.15, 0.2) is 5.78 Å². The number of amides is 2. The van der Waals surface area contributed by atoms with Crippen molar-refractivity contribution in [3.05, 3.63) is 94.5 Å². The van der Waals surface area contributed by atoms with Crippen LogP contribution in [0.1, 0.15) is 27.9 Å². The Morgan fingerprint density at radius 1 is 1.03 bits per heavy atom. The third-order valence-corrected chi connectivity index (χ3v) is 6.26. The Bertz CT molecular complexity index is 1240. The Morgan fingerprint density at radius 2 is 1.75 bits per heavy atom. The number of anilines is 2. The van der Waals surface area contributed by atoms with Crippen molar-refractivity contribution >= 4 is 57.4 Å². The highest BCUT2D eigenvalue weighted by molar-refractivity contribution is 8.16. The number of aliphatic imine (C=N–C) groups is 1. The fraction of sp³-hybridized carbons (Fsp3) is 0.0833. The van der Waals surface area contributed by atoms with Gasteiger partial charge in [0, 0.05) is 33.8 Å². The topological polar surface area (TPSA) is 102 Å². The number of benzene rings is 3. The monoisotopic (exact) mass is 463 g/mol. The van der Waals surface area contributed by atoms with Crippen molar-refractivity contribution in [3.63, 3.8) is 0 Å². The molecule has 6 nitrogen and oxygen atoms in total. The van der Waals surface area contributed by atoms with Gasteiger partial charge in [-0.05, 0) is 24.3 Å². The number of nitrogen functional groups attached to an aromatic ring is 1. The highest BCUT2D eigenvalue weighted by atomic mass is 35.5. The molecule has 0 saturated carbocycles. The maximum atomic E-state index is 12.9. The molecule has 1 aliphatic heterocycles. The lowest BCUT2D eigenvalue weighted by Gasteiger charge is -2.13. The summed E-state index contributed by atoms with van der Waals surface area (Å²) in [5.74, 6) is -1.06. The molecule has 1 aliphatic rings. The Hall–Kier alpha value is -3.42. The first-order chi connectivity index (χ1) is 15.4. The lowest BCUT2D eigenvalue weighted by atomic mass is 10.0. The summed E-state index contributed by atoms with van der Waals surface area (Å²) in [6.07, 6.45) is -0.0924. The van der Waals surface area contributed by atoms with E-state index >= 15 is 0 Å². The smallest absolute Gasteiger partial charge is 0.260 e. The fourth-order valence-electron chi connectivity index (χ4n) is 3.26. The van der Waals surface area contributed by atoms with Gasteiger partial charge in [0.25, 0.3) is 5.91 Å². The van der Waals surface area contributed by atoms with Crippen LogP contribution in [0.25, 0.3) is 0 Å². The van der Waals surface area contributed by atoms with E-state index in [9.17, 15) is 14.4 Å². The SMILES string of the molecule is Nc1ccccc1C1=NC(=O)C(CC(=O)Nc2ccc(Cl)cc2C(=O)c2ccccc2)S1. The van der Waals surface area contributed by atoms with Crippen LogP contribution in [0.4, 0.5) is 11.4 Å². The largest absolute Gasteiger partial charge is 0.398 e. The van der Waals surface area contributed by atoms with Crippen LogP contribution < -0.4 is 11.1 Å². The quantitative estimate of drug-likeness (QED) is 0.412. The van der Waals surface area contributed by atoms with Gasteiger partial charge in [-0.1, -0.05) is 71.9 Å². The predicted octanol–water partition coefficient (Wildman–Crippen LogP) is 4.57. The summed E-state index contributed by atoms with van der Waals surface area (Å²) in [6.45, 7) is 0. The molecule has 0 aromatic heterocycles. The van der Waals surface area contributed by atoms with Crippen LogP contribution in [0.2, 0.25) is 5.02 Å². The second-order valence-corrected chi connectivity index (χ2v) is 8.71. The number of nitrogens with two attached hydrogens (primary N) is 1. The summed E-state index contributed by atoms with van der Waals surface area (Å²) in [5, 5.41) is 2.96. The number of carbonyl (C=O) groups excluding carboxylic acids is 3. The minimum atomic E-state index is -0.662. The summed E-state index contributed by atoms with van der Waals surface area (Å²) < 4.78 is 0. The number of halogens is 1. The third-order valence-electron chi connectivity index (χ3n) is 4.84. The van der Waals surface area contributed by atoms with Gasteiger partial charge in [0.1, 0.15) is 10.3 Å². The van der Waals surface area contributed by atoms with Crippen LogP contribution in [-0.4, -0.2) is 27.9 Å². The van der Waals surface area contributed by atoms with Crippen molar-refractivity contribution in [2.75, 3.05) is 11.1 Å². The van der Waals surface area contributed by atoms with Crippen molar-refractivity contribution in [3.8, 4) is 0 Å². The van der Waals surface area contributed by atoms with Crippen LogP contribution in [-0.2, 0) is 9.59 Å². The van der Waals surface area contributed by atoms with Gasteiger partial charge in [0.05, 0.1) is 5.69 Å². The van der Waals surface area contributed by atoms with Gasteiger partial charge in [-0.25, -0.2) is 4.99 Å². The van der Waals surface area contributed by atoms with Crippen LogP contribution in [0.5, 0.6) is 0 Å². The molecule has 8 heteroatoms. The van der Waals surface area contributed by atoms with Crippen LogP contribution in [0, 0.1) is 0 Å². The van der Waals surface area contributed by atoms with Crippen molar-refractivity contribution in [1.29, 1.82) is 0 Å². The maximum absolute atomic E-state index is 12.9. The molecular weight excluding hydrogens is 446 g/mol. The molecule has 0 aliphatic carbocycles. The van der Waals surface area contributed by atoms with Gasteiger partial charge in [-0.15, -0.1) is 0 Å². The highest BCUT2D eigenvalue weighted by Gasteiger charge is 2.32. The minimum Gasteiger partial charge on any atom is -0.398 e. The average Bonchev–Trinajstić information content (AvgIpc) is 3.15. The molecule has 0 radical (unpaired) electrons. The number of rotatable bonds is 6. The van der Waals surface area contributed by atoms with E-state index < -0.39 is 11.2 Å². The van der Waals surface area contributed by atoms with E-state index in [1.165, 1.54) is 17.8 Å². The molecule has 0 fully saturated rings. The van der Waals surface area contributed by atoms with E-state index in [0.717, 1.165) is 0 Å². The zero-order valence-electron chi connectivity index (χ0n) is 16.7. The van der Waals surface area contributed by atoms with Crippen molar-refractivity contribution in [1.82, 2.24) is 0 Å². The van der Waals surface area contributed by atoms with E-state index in [0.29, 0.717) is 32.6 Å². The number of nitrogens with one attached hydrogen (secondary N) is 1. The second kappa shape index (κ2) is 9.38. The molecule has 3 N–H and O–H groups in total. The standard InChI is InChI=1S/C24H18ClN3O3S/c25-15-10-11-19(17(12-15)22(30)14-6-2-1-3-7-14)27-21(29)13-20-23(31)28-24(32-20)16-8-4-5-9-18(16)26/h1-12,20H,13,26H2,(H,27,29). The highest BCUT2D eigenvalue weighted by Crippen LogP contribution is 2.32. The molecule has 0 saturated heterocycles. The zero-order chi connectivity index (χ0) is 22.7. The van der Waals surface area contributed by atoms with Crippen LogP contribution in [0.3, 0.4) is 0 Å². The molecule has 4 rings (SSSR count). The average molecular weight is 464 g/mol. The molecule has 0 spiro atoms. The normalized spacial score (nSPS) is 15.3. The van der Waals surface area contributed by atoms with E-state index in [4.69, 9.17) is 17.3 Å². The number of hydrogen-bond donors (Lipinski definition) is 2. The summed E-state index contributed by atoms with van der Waals surface area (Å²) in [5.41, 5.74) is 8.24. The van der Waals surface area contributed by atoms with Crippen LogP contribution in [0.15, 0.2) is 77.8 Å². The molecule has 1 unspecified atom stereocenters. The molecule has 1 heterocycles. The van der Waals surface area contributed by atoms with Gasteiger partial charge in [-0.2, -0.15) is 0 Å². The molecule has 3 aromatic carbocycles. The van der Waals surface area contributed by atoms with Crippen molar-refractivity contribution < 1.29 is 14.4 Å². The number of para-hydroxylation sites is 1. The first kappa shape index (κ1) is 21.8. The van der Waals surface area contributed by atoms with Crippen LogP contribution >= 0.6 is 23.4 Å². The maximum Gasteiger partial charge on any atom is 0.260 e. The fourth-order valence-corrected chi connectivity index (χ4v) is 4.54. The molecule has 2 amide bonds. The zero-order valence-corrected chi connectivity index (χ0v) is 18.3. The molecular formula is C24H18ClN3O3S. The molecule has 160 valence electrons. The minimum absolute atomic E-state index is 0.0924. The lowest BCUT2D eigenvalue weighted by molar-refractivity contribution is -0.121.